The standard InChI is InChI=1S/C51H50O21/c1-29(52)68-48-47(63)45(61)39(26-65-42(58)23-13-33-9-20-37(56)38(25-33)64-2)69-50(48)72-51(28-67-43(59)22-11-31-5-16-35(54)17-6-31)49(70-44(60)24-12-32-7-18-36(55)19-8-32)46(62)40(71-51)27-66-41(57)21-10-30-3-14-34(53)15-4-30/h3-25,39-40,45-50,53-56,61-63H,26-28H2,1-2H3/b21-10+,22-11+,23-13+,24-12+/t39-,40-,45-,46-,47+,48-,49+,50-,51+/m1/s1. The molecule has 72 heavy (non-hydrogen) atoms. The van der Waals surface area contributed by atoms with E-state index in [0.29, 0.717) is 22.3 Å². The van der Waals surface area contributed by atoms with E-state index >= 15 is 0 Å². The molecule has 0 amide bonds. The van der Waals surface area contributed by atoms with Gasteiger partial charge in [-0.1, -0.05) is 42.5 Å². The van der Waals surface area contributed by atoms with Crippen molar-refractivity contribution in [1.29, 1.82) is 0 Å². The lowest BCUT2D eigenvalue weighted by atomic mass is 9.98. The Morgan fingerprint density at radius 2 is 1.03 bits per heavy atom. The molecule has 2 saturated heterocycles. The zero-order valence-electron chi connectivity index (χ0n) is 38.4. The molecule has 2 aliphatic rings. The summed E-state index contributed by atoms with van der Waals surface area (Å²) in [5.41, 5.74) is 1.80. The summed E-state index contributed by atoms with van der Waals surface area (Å²) in [4.78, 5) is 65.3. The average Bonchev–Trinajstić information content (AvgIpc) is 3.61. The van der Waals surface area contributed by atoms with Gasteiger partial charge in [0, 0.05) is 31.2 Å². The lowest BCUT2D eigenvalue weighted by Gasteiger charge is -2.44. The third-order valence-corrected chi connectivity index (χ3v) is 10.7. The van der Waals surface area contributed by atoms with Crippen LogP contribution in [-0.4, -0.2) is 147 Å². The summed E-state index contributed by atoms with van der Waals surface area (Å²) in [6.07, 6.45) is -6.22. The number of carbonyl (C=O) groups is 5. The van der Waals surface area contributed by atoms with E-state index in [1.54, 1.807) is 0 Å². The van der Waals surface area contributed by atoms with Crippen LogP contribution in [0.5, 0.6) is 28.7 Å². The second-order valence-electron chi connectivity index (χ2n) is 15.9. The number of rotatable bonds is 19. The molecule has 0 aromatic heterocycles. The number of aliphatic hydroxyl groups is 3. The third-order valence-electron chi connectivity index (χ3n) is 10.7. The molecule has 2 heterocycles. The fourth-order valence-corrected chi connectivity index (χ4v) is 7.06. The Bertz CT molecular complexity index is 2640. The molecule has 9 atom stereocenters. The van der Waals surface area contributed by atoms with Gasteiger partial charge in [0.15, 0.2) is 23.7 Å². The quantitative estimate of drug-likeness (QED) is 0.0403. The number of methoxy groups -OCH3 is 1. The van der Waals surface area contributed by atoms with Gasteiger partial charge in [-0.15, -0.1) is 0 Å². The number of aliphatic hydroxyl groups excluding tert-OH is 3. The molecule has 4 aromatic carbocycles. The number of hydrogen-bond acceptors (Lipinski definition) is 21. The van der Waals surface area contributed by atoms with Crippen LogP contribution in [0.1, 0.15) is 29.2 Å². The highest BCUT2D eigenvalue weighted by Gasteiger charge is 2.62. The summed E-state index contributed by atoms with van der Waals surface area (Å²) in [6.45, 7) is -1.69. The Morgan fingerprint density at radius 3 is 1.53 bits per heavy atom. The molecule has 0 bridgehead atoms. The zero-order chi connectivity index (χ0) is 52.0. The number of phenols is 4. The largest absolute Gasteiger partial charge is 0.508 e. The lowest BCUT2D eigenvalue weighted by Crippen LogP contribution is -2.64. The molecule has 4 aromatic rings. The molecule has 21 heteroatoms. The number of benzene rings is 4. The van der Waals surface area contributed by atoms with Gasteiger partial charge in [0.05, 0.1) is 7.11 Å². The Labute approximate surface area is 410 Å². The first-order valence-corrected chi connectivity index (χ1v) is 21.8. The predicted molar refractivity (Wildman–Crippen MR) is 249 cm³/mol. The average molecular weight is 999 g/mol. The van der Waals surface area contributed by atoms with E-state index in [9.17, 15) is 59.7 Å². The van der Waals surface area contributed by atoms with Crippen molar-refractivity contribution in [2.24, 2.45) is 0 Å². The van der Waals surface area contributed by atoms with Crippen LogP contribution in [0.25, 0.3) is 24.3 Å². The van der Waals surface area contributed by atoms with Crippen LogP contribution in [0.3, 0.4) is 0 Å². The SMILES string of the molecule is COc1cc(/C=C/C(=O)OC[C@H]2O[C@H](O[C@]3(COC(=O)/C=C/c4ccc(O)cc4)O[C@H](COC(=O)/C=C/c4ccc(O)cc4)[C@@H](O)[C@@H]3OC(=O)/C=C/c3ccc(O)cc3)[C@H](OC(C)=O)[C@@H](O)[C@@H]2O)ccc1O. The molecule has 21 nitrogen and oxygen atoms in total. The number of aromatic hydroxyl groups is 4. The van der Waals surface area contributed by atoms with E-state index in [1.165, 1.54) is 122 Å². The molecule has 0 aliphatic carbocycles. The Balaban J connectivity index is 1.32. The van der Waals surface area contributed by atoms with Crippen LogP contribution in [0.2, 0.25) is 0 Å². The zero-order valence-corrected chi connectivity index (χ0v) is 38.4. The first-order chi connectivity index (χ1) is 34.4. The normalized spacial score (nSPS) is 24.1. The summed E-state index contributed by atoms with van der Waals surface area (Å²) in [5.74, 6) is -8.06. The minimum absolute atomic E-state index is 0.0158. The van der Waals surface area contributed by atoms with Gasteiger partial charge in [-0.3, -0.25) is 4.79 Å². The van der Waals surface area contributed by atoms with Crippen LogP contribution in [0.4, 0.5) is 0 Å². The van der Waals surface area contributed by atoms with Crippen molar-refractivity contribution < 1.29 is 102 Å². The molecule has 6 rings (SSSR count). The molecule has 0 saturated carbocycles. The van der Waals surface area contributed by atoms with Crippen molar-refractivity contribution in [2.45, 2.75) is 61.7 Å². The van der Waals surface area contributed by atoms with Crippen LogP contribution in [0.15, 0.2) is 115 Å². The van der Waals surface area contributed by atoms with Crippen LogP contribution in [-0.2, 0) is 61.9 Å². The summed E-state index contributed by atoms with van der Waals surface area (Å²) >= 11 is 0. The smallest absolute Gasteiger partial charge is 0.331 e. The van der Waals surface area contributed by atoms with Gasteiger partial charge in [0.25, 0.3) is 0 Å². The minimum Gasteiger partial charge on any atom is -0.508 e. The van der Waals surface area contributed by atoms with Gasteiger partial charge in [-0.25, -0.2) is 19.2 Å². The topological polar surface area (TPSA) is 310 Å². The molecule has 2 fully saturated rings. The third kappa shape index (κ3) is 14.7. The van der Waals surface area contributed by atoms with Crippen LogP contribution in [0, 0.1) is 0 Å². The van der Waals surface area contributed by atoms with Gasteiger partial charge < -0.3 is 78.4 Å². The van der Waals surface area contributed by atoms with Crippen molar-refractivity contribution in [3.8, 4) is 28.7 Å². The van der Waals surface area contributed by atoms with Gasteiger partial charge in [0.1, 0.15) is 67.6 Å². The predicted octanol–water partition coefficient (Wildman–Crippen LogP) is 3.06. The number of carbonyl (C=O) groups excluding carboxylic acids is 5. The number of esters is 5. The number of ether oxygens (including phenoxy) is 9. The second kappa shape index (κ2) is 24.7. The molecule has 7 N–H and O–H groups in total. The summed E-state index contributed by atoms with van der Waals surface area (Å²) < 4.78 is 50.9. The molecular formula is C51H50O21. The Hall–Kier alpha value is -8.05. The maximum atomic E-state index is 13.6. The molecule has 0 unspecified atom stereocenters. The molecule has 2 aliphatic heterocycles. The van der Waals surface area contributed by atoms with Gasteiger partial charge in [0.2, 0.25) is 12.1 Å². The lowest BCUT2D eigenvalue weighted by molar-refractivity contribution is -0.383. The van der Waals surface area contributed by atoms with E-state index in [2.05, 4.69) is 0 Å². The van der Waals surface area contributed by atoms with Crippen molar-refractivity contribution in [2.75, 3.05) is 26.9 Å². The molecule has 0 spiro atoms. The van der Waals surface area contributed by atoms with Crippen molar-refractivity contribution >= 4 is 54.2 Å². The van der Waals surface area contributed by atoms with E-state index < -0.39 is 104 Å². The fraction of sp³-hybridized carbons (Fsp3) is 0.275. The Morgan fingerprint density at radius 1 is 0.569 bits per heavy atom. The van der Waals surface area contributed by atoms with Crippen LogP contribution < -0.4 is 4.74 Å². The monoisotopic (exact) mass is 998 g/mol. The highest BCUT2D eigenvalue weighted by atomic mass is 16.8. The highest BCUT2D eigenvalue weighted by Crippen LogP contribution is 2.40. The highest BCUT2D eigenvalue weighted by molar-refractivity contribution is 5.89. The van der Waals surface area contributed by atoms with E-state index in [1.807, 2.05) is 0 Å². The summed E-state index contributed by atoms with van der Waals surface area (Å²) in [5, 5.41) is 73.4. The van der Waals surface area contributed by atoms with E-state index in [4.69, 9.17) is 42.6 Å². The van der Waals surface area contributed by atoms with E-state index in [-0.39, 0.29) is 28.7 Å². The van der Waals surface area contributed by atoms with Gasteiger partial charge >= 0.3 is 29.8 Å². The summed E-state index contributed by atoms with van der Waals surface area (Å²) in [7, 11) is 1.33. The first kappa shape index (κ1) is 53.3. The number of phenolic OH excluding ortho intramolecular Hbond substituents is 4. The Kier molecular flexibility index (Phi) is 18.3. The molecule has 0 radical (unpaired) electrons. The fourth-order valence-electron chi connectivity index (χ4n) is 7.06. The maximum Gasteiger partial charge on any atom is 0.331 e. The summed E-state index contributed by atoms with van der Waals surface area (Å²) in [6, 6.07) is 21.4. The van der Waals surface area contributed by atoms with Gasteiger partial charge in [-0.2, -0.15) is 0 Å². The number of hydrogen-bond donors (Lipinski definition) is 7. The maximum absolute atomic E-state index is 13.6. The minimum atomic E-state index is -2.73. The first-order valence-electron chi connectivity index (χ1n) is 21.8. The van der Waals surface area contributed by atoms with Gasteiger partial charge in [-0.05, 0) is 95.1 Å². The molecular weight excluding hydrogens is 949 g/mol. The van der Waals surface area contributed by atoms with Crippen molar-refractivity contribution in [3.63, 3.8) is 0 Å². The van der Waals surface area contributed by atoms with Crippen molar-refractivity contribution in [1.82, 2.24) is 0 Å². The second-order valence-corrected chi connectivity index (χ2v) is 15.9. The van der Waals surface area contributed by atoms with E-state index in [0.717, 1.165) is 31.2 Å². The molecule has 380 valence electrons. The van der Waals surface area contributed by atoms with Crippen molar-refractivity contribution in [3.05, 3.63) is 138 Å². The van der Waals surface area contributed by atoms with Crippen LogP contribution >= 0.6 is 0 Å².